The zero-order chi connectivity index (χ0) is 21.9. The number of ether oxygens (including phenoxy) is 1. The number of nitrogens with zero attached hydrogens (tertiary/aromatic N) is 2. The molecule has 0 aliphatic heterocycles. The minimum Gasteiger partial charge on any atom is -0.449 e. The Labute approximate surface area is 174 Å². The topological polar surface area (TPSA) is 146 Å². The average molecular weight is 462 g/mol. The molecule has 0 saturated carbocycles. The maximum atomic E-state index is 12.2. The number of carbonyl (C=O) groups is 2. The number of hydrogen-bond donors (Lipinski definition) is 1. The molecule has 29 heavy (non-hydrogen) atoms. The second kappa shape index (κ2) is 8.72. The lowest BCUT2D eigenvalue weighted by molar-refractivity contribution is -0.387. The molecule has 13 heteroatoms. The number of hydrogen-bond acceptors (Lipinski definition) is 8. The number of nitro benzene ring substituents is 1. The van der Waals surface area contributed by atoms with Crippen LogP contribution in [-0.4, -0.2) is 42.6 Å². The highest BCUT2D eigenvalue weighted by Crippen LogP contribution is 2.26. The second-order valence-corrected chi connectivity index (χ2v) is 8.56. The van der Waals surface area contributed by atoms with Gasteiger partial charge in [-0.25, -0.2) is 18.2 Å². The highest BCUT2D eigenvalue weighted by atomic mass is 35.5. The van der Waals surface area contributed by atoms with Crippen LogP contribution < -0.4 is 5.32 Å². The molecule has 2 rings (SSSR count). The van der Waals surface area contributed by atoms with E-state index in [2.05, 4.69) is 10.3 Å². The number of pyridine rings is 1. The molecule has 0 spiro atoms. The molecule has 0 fully saturated rings. The molecule has 0 unspecified atom stereocenters. The van der Waals surface area contributed by atoms with Crippen molar-refractivity contribution < 1.29 is 27.7 Å². The van der Waals surface area contributed by atoms with E-state index in [-0.39, 0.29) is 21.4 Å². The first kappa shape index (κ1) is 22.5. The monoisotopic (exact) mass is 461 g/mol. The summed E-state index contributed by atoms with van der Waals surface area (Å²) in [6, 6.07) is 4.09. The fourth-order valence-electron chi connectivity index (χ4n) is 2.11. The van der Waals surface area contributed by atoms with E-state index >= 15 is 0 Å². The van der Waals surface area contributed by atoms with E-state index in [1.165, 1.54) is 19.2 Å². The lowest BCUT2D eigenvalue weighted by atomic mass is 10.2. The molecule has 0 bridgehead atoms. The molecule has 1 atom stereocenters. The molecule has 1 N–H and O–H groups in total. The molecule has 0 saturated heterocycles. The minimum atomic E-state index is -3.89. The number of carbonyl (C=O) groups excluding carboxylic acids is 2. The van der Waals surface area contributed by atoms with Crippen LogP contribution in [0.2, 0.25) is 10.0 Å². The molecular formula is C16H13Cl2N3O7S. The van der Waals surface area contributed by atoms with Crippen LogP contribution in [0.15, 0.2) is 35.4 Å². The number of nitro groups is 1. The summed E-state index contributed by atoms with van der Waals surface area (Å²) in [7, 11) is -3.89. The summed E-state index contributed by atoms with van der Waals surface area (Å²) < 4.78 is 28.2. The summed E-state index contributed by atoms with van der Waals surface area (Å²) in [6.07, 6.45) is 0.738. The van der Waals surface area contributed by atoms with Gasteiger partial charge >= 0.3 is 5.97 Å². The van der Waals surface area contributed by atoms with Crippen LogP contribution in [0.1, 0.15) is 17.3 Å². The van der Waals surface area contributed by atoms with E-state index in [1.54, 1.807) is 0 Å². The molecule has 154 valence electrons. The molecule has 0 aliphatic carbocycles. The van der Waals surface area contributed by atoms with E-state index < -0.39 is 43.3 Å². The van der Waals surface area contributed by atoms with E-state index in [1.807, 2.05) is 0 Å². The van der Waals surface area contributed by atoms with Gasteiger partial charge in [-0.05, 0) is 25.1 Å². The third kappa shape index (κ3) is 5.62. The highest BCUT2D eigenvalue weighted by molar-refractivity contribution is 7.90. The normalized spacial score (nSPS) is 12.1. The largest absolute Gasteiger partial charge is 0.449 e. The number of aromatic nitrogens is 1. The number of rotatable bonds is 6. The number of esters is 1. The fraction of sp³-hybridized carbons (Fsp3) is 0.188. The first-order valence-corrected chi connectivity index (χ1v) is 10.4. The predicted molar refractivity (Wildman–Crippen MR) is 104 cm³/mol. The summed E-state index contributed by atoms with van der Waals surface area (Å²) in [5.41, 5.74) is -1.08. The molecule has 0 aliphatic rings. The molecule has 2 aromatic rings. The van der Waals surface area contributed by atoms with Gasteiger partial charge in [0.25, 0.3) is 11.6 Å². The van der Waals surface area contributed by atoms with Crippen molar-refractivity contribution >= 4 is 56.4 Å². The number of sulfone groups is 1. The van der Waals surface area contributed by atoms with Crippen LogP contribution in [0, 0.1) is 10.1 Å². The van der Waals surface area contributed by atoms with Gasteiger partial charge in [0.15, 0.2) is 21.8 Å². The first-order valence-electron chi connectivity index (χ1n) is 7.71. The molecule has 1 amide bonds. The Kier molecular flexibility index (Phi) is 6.77. The molecule has 1 aromatic carbocycles. The van der Waals surface area contributed by atoms with Crippen molar-refractivity contribution in [2.24, 2.45) is 0 Å². The van der Waals surface area contributed by atoms with E-state index in [0.717, 1.165) is 24.5 Å². The van der Waals surface area contributed by atoms with Crippen LogP contribution >= 0.6 is 23.2 Å². The van der Waals surface area contributed by atoms with Crippen molar-refractivity contribution in [3.8, 4) is 0 Å². The van der Waals surface area contributed by atoms with Crippen LogP contribution in [0.5, 0.6) is 0 Å². The number of benzene rings is 1. The van der Waals surface area contributed by atoms with E-state index in [4.69, 9.17) is 27.9 Å². The predicted octanol–water partition coefficient (Wildman–Crippen LogP) is 2.88. The third-order valence-corrected chi connectivity index (χ3v) is 5.13. The quantitative estimate of drug-likeness (QED) is 0.392. The summed E-state index contributed by atoms with van der Waals surface area (Å²) in [6.45, 7) is 1.26. The standard InChI is InChI=1S/C16H13Cl2N3O7S/c1-8(15(22)20-14-11(18)6-10(17)7-19-14)28-16(23)9-3-4-13(29(2,26)27)12(5-9)21(24)25/h3-8H,1-2H3,(H,19,20,22)/t8-/m1/s1. The van der Waals surface area contributed by atoms with Crippen molar-refractivity contribution in [1.82, 2.24) is 4.98 Å². The Hall–Kier alpha value is -2.76. The average Bonchev–Trinajstić information content (AvgIpc) is 2.62. The number of nitrogens with one attached hydrogen (secondary N) is 1. The minimum absolute atomic E-state index is 0.00268. The van der Waals surface area contributed by atoms with Crippen molar-refractivity contribution in [2.75, 3.05) is 11.6 Å². The van der Waals surface area contributed by atoms with Crippen LogP contribution in [-0.2, 0) is 19.4 Å². The Balaban J connectivity index is 2.17. The Morgan fingerprint density at radius 2 is 1.93 bits per heavy atom. The highest BCUT2D eigenvalue weighted by Gasteiger charge is 2.26. The van der Waals surface area contributed by atoms with Gasteiger partial charge in [-0.15, -0.1) is 0 Å². The van der Waals surface area contributed by atoms with Crippen LogP contribution in [0.25, 0.3) is 0 Å². The first-order chi connectivity index (χ1) is 13.4. The summed E-state index contributed by atoms with van der Waals surface area (Å²) in [4.78, 5) is 37.9. The van der Waals surface area contributed by atoms with E-state index in [0.29, 0.717) is 0 Å². The zero-order valence-corrected chi connectivity index (χ0v) is 17.2. The van der Waals surface area contributed by atoms with Gasteiger partial charge in [-0.1, -0.05) is 23.2 Å². The van der Waals surface area contributed by atoms with Crippen molar-refractivity contribution in [1.29, 1.82) is 0 Å². The Morgan fingerprint density at radius 3 is 2.48 bits per heavy atom. The van der Waals surface area contributed by atoms with Crippen molar-refractivity contribution in [3.63, 3.8) is 0 Å². The van der Waals surface area contributed by atoms with Crippen LogP contribution in [0.3, 0.4) is 0 Å². The molecule has 1 heterocycles. The molecule has 0 radical (unpaired) electrons. The number of anilines is 1. The van der Waals surface area contributed by atoms with Gasteiger partial charge in [-0.3, -0.25) is 14.9 Å². The summed E-state index contributed by atoms with van der Waals surface area (Å²) >= 11 is 11.6. The number of halogens is 2. The van der Waals surface area contributed by atoms with Gasteiger partial charge in [-0.2, -0.15) is 0 Å². The zero-order valence-electron chi connectivity index (χ0n) is 14.9. The Morgan fingerprint density at radius 1 is 1.28 bits per heavy atom. The van der Waals surface area contributed by atoms with Gasteiger partial charge < -0.3 is 10.1 Å². The van der Waals surface area contributed by atoms with Crippen molar-refractivity contribution in [3.05, 3.63) is 56.2 Å². The van der Waals surface area contributed by atoms with E-state index in [9.17, 15) is 28.1 Å². The molecule has 1 aromatic heterocycles. The van der Waals surface area contributed by atoms with Crippen molar-refractivity contribution in [2.45, 2.75) is 17.9 Å². The van der Waals surface area contributed by atoms with Gasteiger partial charge in [0.1, 0.15) is 4.90 Å². The number of amides is 1. The second-order valence-electron chi connectivity index (χ2n) is 5.73. The summed E-state index contributed by atoms with van der Waals surface area (Å²) in [5, 5.41) is 13.8. The smallest absolute Gasteiger partial charge is 0.339 e. The lowest BCUT2D eigenvalue weighted by Crippen LogP contribution is -2.30. The third-order valence-electron chi connectivity index (χ3n) is 3.49. The molecule has 10 nitrogen and oxygen atoms in total. The SMILES string of the molecule is C[C@@H](OC(=O)c1ccc(S(C)(=O)=O)c([N+](=O)[O-])c1)C(=O)Nc1ncc(Cl)cc1Cl. The van der Waals surface area contributed by atoms with Crippen LogP contribution in [0.4, 0.5) is 11.5 Å². The van der Waals surface area contributed by atoms with Gasteiger partial charge in [0.2, 0.25) is 0 Å². The Bertz CT molecular complexity index is 1110. The lowest BCUT2D eigenvalue weighted by Gasteiger charge is -2.14. The maximum absolute atomic E-state index is 12.2. The van der Waals surface area contributed by atoms with Gasteiger partial charge in [0, 0.05) is 18.5 Å². The fourth-order valence-corrected chi connectivity index (χ4v) is 3.36. The maximum Gasteiger partial charge on any atom is 0.339 e. The van der Waals surface area contributed by atoms with Gasteiger partial charge in [0.05, 0.1) is 20.5 Å². The summed E-state index contributed by atoms with van der Waals surface area (Å²) in [5.74, 6) is -1.83. The molecular weight excluding hydrogens is 449 g/mol.